The molecule has 1 unspecified atom stereocenters. The molecule has 0 aromatic carbocycles. The van der Waals surface area contributed by atoms with E-state index in [-0.39, 0.29) is 0 Å². The minimum atomic E-state index is -3.29. The maximum atomic E-state index is 7.58. The normalized spacial score (nSPS) is 98.7. The largest absolute Gasteiger partial charge is 0.316 e. The van der Waals surface area contributed by atoms with Gasteiger partial charge in [0, 0.05) is 13.7 Å². The Hall–Kier alpha value is -0.0400. The Morgan fingerprint density at radius 1 is 2.33 bits per heavy atom. The average molecular weight is 95.2 g/mol. The summed E-state index contributed by atoms with van der Waals surface area (Å²) >= 11 is 0. The fraction of sp³-hybridized carbons (Fsp3) is 1.00. The molecule has 0 radical (unpaired) electrons. The molecule has 1 atom stereocenters. The van der Waals surface area contributed by atoms with E-state index in [1.165, 1.54) is 0 Å². The highest BCUT2D eigenvalue weighted by atomic mass is 14.9. The third-order valence-electron chi connectivity index (χ3n) is 0.438. The van der Waals surface area contributed by atoms with Gasteiger partial charge in [0.2, 0.25) is 0 Å². The minimum absolute atomic E-state index is 1.60. The topological polar surface area (TPSA) is 12.0 Å². The van der Waals surface area contributed by atoms with Gasteiger partial charge in [-0.15, -0.1) is 0 Å². The second-order valence-electron chi connectivity index (χ2n) is 0.875. The lowest BCUT2D eigenvalue weighted by atomic mass is 10.2. The summed E-state index contributed by atoms with van der Waals surface area (Å²) in [4.78, 5) is 0. The van der Waals surface area contributed by atoms with E-state index in [1.807, 2.05) is 0 Å². The number of nitrogens with one attached hydrogen (secondary N) is 1. The molecular formula is C5H11N. The molecule has 0 amide bonds. The highest BCUT2D eigenvalue weighted by Gasteiger charge is 2.06. The van der Waals surface area contributed by atoms with Crippen LogP contribution in [0.25, 0.3) is 0 Å². The first-order chi connectivity index (χ1) is 6.71. The lowest BCUT2D eigenvalue weighted by molar-refractivity contribution is 0.651. The SMILES string of the molecule is [2H]C([2H])([2H])C1([2H])C([2H])([2H])NC([2H])([2H])C1([2H])[2H]. The van der Waals surface area contributed by atoms with Crippen molar-refractivity contribution in [2.24, 2.45) is 5.89 Å². The minimum Gasteiger partial charge on any atom is -0.316 e. The zero-order valence-electron chi connectivity index (χ0n) is 13.0. The van der Waals surface area contributed by atoms with E-state index in [4.69, 9.17) is 13.7 Å². The van der Waals surface area contributed by atoms with Crippen molar-refractivity contribution in [1.29, 1.82) is 0 Å². The zero-order valence-corrected chi connectivity index (χ0v) is 3.00. The van der Waals surface area contributed by atoms with Crippen molar-refractivity contribution in [3.05, 3.63) is 0 Å². The first-order valence-electron chi connectivity index (χ1n) is 6.50. The third kappa shape index (κ3) is 0.716. The van der Waals surface area contributed by atoms with Gasteiger partial charge in [0.05, 0.1) is 0 Å². The molecule has 1 rings (SSSR count). The lowest BCUT2D eigenvalue weighted by Gasteiger charge is -1.90. The summed E-state index contributed by atoms with van der Waals surface area (Å²) in [5.41, 5.74) is 0. The molecule has 1 nitrogen and oxygen atoms in total. The summed E-state index contributed by atoms with van der Waals surface area (Å²) < 4.78 is 72.8. The molecule has 0 aliphatic carbocycles. The van der Waals surface area contributed by atoms with E-state index in [9.17, 15) is 0 Å². The Morgan fingerprint density at radius 2 is 3.33 bits per heavy atom. The fourth-order valence-corrected chi connectivity index (χ4v) is 0.219. The van der Waals surface area contributed by atoms with Gasteiger partial charge in [-0.2, -0.15) is 0 Å². The molecule has 0 bridgehead atoms. The van der Waals surface area contributed by atoms with Gasteiger partial charge >= 0.3 is 0 Å². The molecule has 6 heavy (non-hydrogen) atoms. The van der Waals surface area contributed by atoms with Crippen LogP contribution in [0.15, 0.2) is 0 Å². The summed E-state index contributed by atoms with van der Waals surface area (Å²) in [6.07, 6.45) is -3.19. The molecule has 0 aromatic rings. The molecule has 1 heterocycles. The van der Waals surface area contributed by atoms with Gasteiger partial charge in [0.15, 0.2) is 0 Å². The van der Waals surface area contributed by atoms with Crippen LogP contribution < -0.4 is 5.32 Å². The van der Waals surface area contributed by atoms with Crippen molar-refractivity contribution >= 4 is 0 Å². The van der Waals surface area contributed by atoms with Crippen LogP contribution in [0.1, 0.15) is 26.9 Å². The van der Waals surface area contributed by atoms with Crippen LogP contribution in [0.4, 0.5) is 0 Å². The summed E-state index contributed by atoms with van der Waals surface area (Å²) in [5, 5.41) is 1.60. The standard InChI is InChI=1S/C5H11N/c1-5-2-3-6-4-5/h5-6H,2-4H2,1H3/i1D3,2D2,3D2,4D2,5D. The first-order valence-corrected chi connectivity index (χ1v) is 1.50. The van der Waals surface area contributed by atoms with E-state index in [1.54, 1.807) is 5.32 Å². The maximum absolute atomic E-state index is 7.58. The molecule has 1 N–H and O–H groups in total. The van der Waals surface area contributed by atoms with E-state index in [0.29, 0.717) is 0 Å². The second kappa shape index (κ2) is 1.61. The van der Waals surface area contributed by atoms with Gasteiger partial charge in [-0.25, -0.2) is 0 Å². The van der Waals surface area contributed by atoms with Crippen molar-refractivity contribution in [2.45, 2.75) is 13.2 Å². The molecule has 1 aliphatic heterocycles. The molecule has 1 heteroatoms. The van der Waals surface area contributed by atoms with E-state index >= 15 is 0 Å². The highest BCUT2D eigenvalue weighted by molar-refractivity contribution is 4.65. The van der Waals surface area contributed by atoms with Crippen LogP contribution in [0, 0.1) is 5.89 Å². The van der Waals surface area contributed by atoms with Crippen LogP contribution in [-0.4, -0.2) is 13.0 Å². The Morgan fingerprint density at radius 3 is 3.67 bits per heavy atom. The van der Waals surface area contributed by atoms with Crippen molar-refractivity contribution in [1.82, 2.24) is 5.32 Å². The number of hydrogen-bond donors (Lipinski definition) is 1. The van der Waals surface area contributed by atoms with Crippen LogP contribution in [0.3, 0.4) is 0 Å². The van der Waals surface area contributed by atoms with Crippen LogP contribution in [0.5, 0.6) is 0 Å². The second-order valence-corrected chi connectivity index (χ2v) is 0.875. The Bertz CT molecular complexity index is 305. The summed E-state index contributed by atoms with van der Waals surface area (Å²) in [6, 6.07) is 0. The Kier molecular flexibility index (Phi) is 0.154. The van der Waals surface area contributed by atoms with Gasteiger partial charge < -0.3 is 5.32 Å². The lowest BCUT2D eigenvalue weighted by Crippen LogP contribution is -2.06. The van der Waals surface area contributed by atoms with E-state index in [0.717, 1.165) is 0 Å². The van der Waals surface area contributed by atoms with Gasteiger partial charge in [0.1, 0.15) is 0 Å². The predicted molar refractivity (Wildman–Crippen MR) is 26.7 cm³/mol. The van der Waals surface area contributed by atoms with Crippen LogP contribution in [-0.2, 0) is 0 Å². The van der Waals surface area contributed by atoms with Crippen LogP contribution >= 0.6 is 0 Å². The van der Waals surface area contributed by atoms with Crippen LogP contribution in [0.2, 0.25) is 0 Å². The van der Waals surface area contributed by atoms with Gasteiger partial charge in [-0.05, 0) is 25.3 Å². The van der Waals surface area contributed by atoms with Crippen molar-refractivity contribution in [3.8, 4) is 0 Å². The number of rotatable bonds is 0. The Labute approximate surface area is 52.8 Å². The molecule has 0 saturated carbocycles. The van der Waals surface area contributed by atoms with Gasteiger partial charge in [-0.1, -0.05) is 6.85 Å². The zero-order chi connectivity index (χ0) is 13.2. The van der Waals surface area contributed by atoms with Gasteiger partial charge in [-0.3, -0.25) is 0 Å². The maximum Gasteiger partial charge on any atom is 0.0431 e. The predicted octanol–water partition coefficient (Wildman–Crippen LogP) is 0.616. The monoisotopic (exact) mass is 95.2 g/mol. The summed E-state index contributed by atoms with van der Waals surface area (Å²) in [6.45, 7) is -9.21. The smallest absolute Gasteiger partial charge is 0.0431 e. The number of hydrogen-bond acceptors (Lipinski definition) is 1. The average Bonchev–Trinajstić information content (AvgIpc) is 2.05. The quantitative estimate of drug-likeness (QED) is 0.465. The third-order valence-corrected chi connectivity index (χ3v) is 0.438. The molecule has 1 saturated heterocycles. The summed E-state index contributed by atoms with van der Waals surface area (Å²) in [5.74, 6) is -3.21. The molecule has 1 aliphatic rings. The van der Waals surface area contributed by atoms with Crippen molar-refractivity contribution in [2.75, 3.05) is 13.0 Å². The summed E-state index contributed by atoms with van der Waals surface area (Å²) in [7, 11) is 0. The fourth-order valence-electron chi connectivity index (χ4n) is 0.219. The molecule has 36 valence electrons. The molecule has 0 spiro atoms. The van der Waals surface area contributed by atoms with Crippen molar-refractivity contribution < 1.29 is 13.7 Å². The van der Waals surface area contributed by atoms with Gasteiger partial charge in [0.25, 0.3) is 0 Å². The first kappa shape index (κ1) is 0.576. The van der Waals surface area contributed by atoms with E-state index < -0.39 is 32.1 Å². The molecular weight excluding hydrogens is 74.1 g/mol. The highest BCUT2D eigenvalue weighted by Crippen LogP contribution is 2.03. The molecule has 0 aromatic heterocycles. The molecule has 1 fully saturated rings. The van der Waals surface area contributed by atoms with Crippen molar-refractivity contribution in [3.63, 3.8) is 0 Å². The van der Waals surface area contributed by atoms with E-state index in [2.05, 4.69) is 0 Å². The Balaban J connectivity index is 3.48.